The molecule has 14 heteroatoms. The largest absolute Gasteiger partial charge is 0.394 e. The van der Waals surface area contributed by atoms with Gasteiger partial charge in [0.25, 0.3) is 0 Å². The lowest BCUT2D eigenvalue weighted by Gasteiger charge is -2.46. The molecular formula is C64H113NO13. The Morgan fingerprint density at radius 1 is 0.474 bits per heavy atom. The fourth-order valence-corrected chi connectivity index (χ4v) is 9.95. The number of nitrogens with one attached hydrogen (secondary N) is 1. The van der Waals surface area contributed by atoms with Gasteiger partial charge in [-0.15, -0.1) is 0 Å². The quantitative estimate of drug-likeness (QED) is 0.0204. The van der Waals surface area contributed by atoms with Gasteiger partial charge >= 0.3 is 0 Å². The molecule has 0 bridgehead atoms. The van der Waals surface area contributed by atoms with E-state index in [9.17, 15) is 45.6 Å². The fourth-order valence-electron chi connectivity index (χ4n) is 9.95. The van der Waals surface area contributed by atoms with Crippen LogP contribution < -0.4 is 5.32 Å². The van der Waals surface area contributed by atoms with E-state index in [4.69, 9.17) is 18.9 Å². The van der Waals surface area contributed by atoms with Crippen LogP contribution in [0.4, 0.5) is 0 Å². The third-order valence-electron chi connectivity index (χ3n) is 14.9. The van der Waals surface area contributed by atoms with E-state index < -0.39 is 86.8 Å². The Bertz CT molecular complexity index is 1580. The number of unbranched alkanes of at least 4 members (excludes halogenated alkanes) is 24. The summed E-state index contributed by atoms with van der Waals surface area (Å²) in [5.74, 6) is -0.232. The first kappa shape index (κ1) is 71.5. The number of aliphatic hydroxyl groups is 8. The van der Waals surface area contributed by atoms with Crippen LogP contribution >= 0.6 is 0 Å². The lowest BCUT2D eigenvalue weighted by Crippen LogP contribution is -2.65. The Hall–Kier alpha value is -2.57. The van der Waals surface area contributed by atoms with Crippen LogP contribution in [-0.4, -0.2) is 140 Å². The molecule has 12 atom stereocenters. The van der Waals surface area contributed by atoms with Crippen LogP contribution in [0.1, 0.15) is 232 Å². The van der Waals surface area contributed by atoms with Gasteiger partial charge in [0.2, 0.25) is 5.91 Å². The molecule has 2 heterocycles. The van der Waals surface area contributed by atoms with Gasteiger partial charge in [0, 0.05) is 6.42 Å². The number of amides is 1. The number of ether oxygens (including phenoxy) is 4. The zero-order chi connectivity index (χ0) is 56.7. The van der Waals surface area contributed by atoms with Gasteiger partial charge in [-0.1, -0.05) is 234 Å². The molecule has 0 radical (unpaired) electrons. The molecule has 0 aromatic heterocycles. The molecular weight excluding hydrogens is 991 g/mol. The molecule has 452 valence electrons. The van der Waals surface area contributed by atoms with Crippen molar-refractivity contribution < 1.29 is 64.6 Å². The van der Waals surface area contributed by atoms with Crippen LogP contribution in [0.2, 0.25) is 0 Å². The number of hydrogen-bond donors (Lipinski definition) is 9. The average molecular weight is 1100 g/mol. The Labute approximate surface area is 472 Å². The van der Waals surface area contributed by atoms with Crippen LogP contribution in [0.3, 0.4) is 0 Å². The Kier molecular flexibility index (Phi) is 45.0. The first-order valence-corrected chi connectivity index (χ1v) is 31.2. The summed E-state index contributed by atoms with van der Waals surface area (Å²) in [5, 5.41) is 87.4. The van der Waals surface area contributed by atoms with E-state index in [1.807, 2.05) is 0 Å². The number of hydrogen-bond acceptors (Lipinski definition) is 13. The van der Waals surface area contributed by atoms with Gasteiger partial charge in [-0.3, -0.25) is 4.79 Å². The summed E-state index contributed by atoms with van der Waals surface area (Å²) in [4.78, 5) is 13.3. The number of carbonyl (C=O) groups excluding carboxylic acids is 1. The summed E-state index contributed by atoms with van der Waals surface area (Å²) in [6.07, 6.45) is 47.5. The molecule has 0 aromatic rings. The van der Waals surface area contributed by atoms with E-state index in [1.54, 1.807) is 0 Å². The average Bonchev–Trinajstić information content (AvgIpc) is 3.48. The Morgan fingerprint density at radius 2 is 0.885 bits per heavy atom. The number of aliphatic hydroxyl groups excluding tert-OH is 8. The molecule has 2 fully saturated rings. The fraction of sp³-hybridized carbons (Fsp3) is 0.797. The van der Waals surface area contributed by atoms with Gasteiger partial charge < -0.3 is 65.1 Å². The summed E-state index contributed by atoms with van der Waals surface area (Å²) in [6.45, 7) is 2.74. The summed E-state index contributed by atoms with van der Waals surface area (Å²) in [7, 11) is 0. The molecule has 14 nitrogen and oxygen atoms in total. The highest BCUT2D eigenvalue weighted by atomic mass is 16.7. The molecule has 78 heavy (non-hydrogen) atoms. The SMILES string of the molecule is CC/C=C\C/C=C\C/C=C\C/C=C\C/C=C\C/C=C\CCCCCCC(=O)NC(COC1OC(CO)C(OC2OC(CO)C(O)C(O)C2O)C(O)C1O)C(O)CCCCCCCCCCCCCCCCCCCCCCC. The van der Waals surface area contributed by atoms with E-state index in [0.29, 0.717) is 12.8 Å². The van der Waals surface area contributed by atoms with E-state index in [2.05, 4.69) is 92.1 Å². The highest BCUT2D eigenvalue weighted by Crippen LogP contribution is 2.30. The highest BCUT2D eigenvalue weighted by molar-refractivity contribution is 5.76. The van der Waals surface area contributed by atoms with E-state index in [1.165, 1.54) is 109 Å². The molecule has 0 aromatic carbocycles. The third-order valence-corrected chi connectivity index (χ3v) is 14.9. The molecule has 0 saturated carbocycles. The normalized spacial score (nSPS) is 25.1. The molecule has 2 rings (SSSR count). The molecule has 0 aliphatic carbocycles. The van der Waals surface area contributed by atoms with Gasteiger partial charge in [0.15, 0.2) is 12.6 Å². The molecule has 0 spiro atoms. The number of rotatable bonds is 49. The molecule has 2 aliphatic rings. The van der Waals surface area contributed by atoms with Gasteiger partial charge in [-0.05, 0) is 64.2 Å². The van der Waals surface area contributed by atoms with Crippen LogP contribution in [0.15, 0.2) is 72.9 Å². The second-order valence-corrected chi connectivity index (χ2v) is 21.8. The topological polar surface area (TPSA) is 228 Å². The first-order valence-electron chi connectivity index (χ1n) is 31.2. The second kappa shape index (κ2) is 49.1. The third kappa shape index (κ3) is 34.0. The molecule has 12 unspecified atom stereocenters. The van der Waals surface area contributed by atoms with Crippen LogP contribution in [-0.2, 0) is 23.7 Å². The number of carbonyl (C=O) groups is 1. The molecule has 2 saturated heterocycles. The van der Waals surface area contributed by atoms with Gasteiger partial charge in [-0.25, -0.2) is 0 Å². The van der Waals surface area contributed by atoms with Crippen molar-refractivity contribution in [2.45, 2.75) is 306 Å². The minimum atomic E-state index is -1.79. The van der Waals surface area contributed by atoms with Gasteiger partial charge in [0.05, 0.1) is 32.0 Å². The minimum absolute atomic E-state index is 0.232. The zero-order valence-corrected chi connectivity index (χ0v) is 48.6. The van der Waals surface area contributed by atoms with Crippen LogP contribution in [0.25, 0.3) is 0 Å². The Morgan fingerprint density at radius 3 is 1.36 bits per heavy atom. The summed E-state index contributed by atoms with van der Waals surface area (Å²) in [6, 6.07) is -0.848. The van der Waals surface area contributed by atoms with Crippen LogP contribution in [0, 0.1) is 0 Å². The van der Waals surface area contributed by atoms with E-state index in [-0.39, 0.29) is 18.9 Å². The van der Waals surface area contributed by atoms with Crippen molar-refractivity contribution in [2.75, 3.05) is 19.8 Å². The predicted molar refractivity (Wildman–Crippen MR) is 313 cm³/mol. The predicted octanol–water partition coefficient (Wildman–Crippen LogP) is 11.1. The lowest BCUT2D eigenvalue weighted by atomic mass is 9.97. The maximum atomic E-state index is 13.3. The molecule has 1 amide bonds. The molecule has 2 aliphatic heterocycles. The van der Waals surface area contributed by atoms with Crippen molar-refractivity contribution in [3.63, 3.8) is 0 Å². The molecule has 9 N–H and O–H groups in total. The maximum absolute atomic E-state index is 13.3. The van der Waals surface area contributed by atoms with Gasteiger partial charge in [-0.2, -0.15) is 0 Å². The van der Waals surface area contributed by atoms with Crippen molar-refractivity contribution in [1.82, 2.24) is 5.32 Å². The van der Waals surface area contributed by atoms with Crippen molar-refractivity contribution in [1.29, 1.82) is 0 Å². The monoisotopic (exact) mass is 1100 g/mol. The van der Waals surface area contributed by atoms with Gasteiger partial charge in [0.1, 0.15) is 48.8 Å². The summed E-state index contributed by atoms with van der Waals surface area (Å²) < 4.78 is 22.8. The first-order chi connectivity index (χ1) is 38.1. The Balaban J connectivity index is 1.76. The maximum Gasteiger partial charge on any atom is 0.220 e. The van der Waals surface area contributed by atoms with E-state index in [0.717, 1.165) is 89.9 Å². The minimum Gasteiger partial charge on any atom is -0.394 e. The summed E-state index contributed by atoms with van der Waals surface area (Å²) >= 11 is 0. The van der Waals surface area contributed by atoms with Crippen molar-refractivity contribution >= 4 is 5.91 Å². The summed E-state index contributed by atoms with van der Waals surface area (Å²) in [5.41, 5.74) is 0. The van der Waals surface area contributed by atoms with Crippen molar-refractivity contribution in [2.24, 2.45) is 0 Å². The van der Waals surface area contributed by atoms with E-state index >= 15 is 0 Å². The lowest BCUT2D eigenvalue weighted by molar-refractivity contribution is -0.359. The second-order valence-electron chi connectivity index (χ2n) is 21.8. The standard InChI is InChI=1S/C64H113NO13/c1-3-5-7-9-11-13-15-17-19-21-23-25-26-28-30-32-34-36-38-40-42-44-46-48-56(69)65-52(53(68)47-45-43-41-39-37-35-33-31-29-27-24-22-20-18-16-14-12-10-8-6-4-2)51-75-63-61(74)59(72)62(55(50-67)77-63)78-64-60(73)58(71)57(70)54(49-66)76-64/h5,7,11,13,17,19,23,25,28,30,34,36,52-55,57-64,66-68,70-74H,3-4,6,8-10,12,14-16,18,20-22,24,26-27,29,31-33,35,37-51H2,1-2H3,(H,65,69)/b7-5-,13-11-,19-17-,25-23-,30-28-,36-34-. The van der Waals surface area contributed by atoms with Crippen LogP contribution in [0.5, 0.6) is 0 Å². The smallest absolute Gasteiger partial charge is 0.220 e. The highest BCUT2D eigenvalue weighted by Gasteiger charge is 2.51. The zero-order valence-electron chi connectivity index (χ0n) is 48.6. The van der Waals surface area contributed by atoms with Crippen molar-refractivity contribution in [3.05, 3.63) is 72.9 Å². The van der Waals surface area contributed by atoms with Crippen molar-refractivity contribution in [3.8, 4) is 0 Å². The number of allylic oxidation sites excluding steroid dienone is 12.